The minimum atomic E-state index is -0.506. The van der Waals surface area contributed by atoms with Crippen LogP contribution in [0.4, 0.5) is 0 Å². The summed E-state index contributed by atoms with van der Waals surface area (Å²) in [6.07, 6.45) is 16.0. The van der Waals surface area contributed by atoms with Gasteiger partial charge in [0.1, 0.15) is 12.5 Å². The molecule has 7 rings (SSSR count). The SMILES string of the molecule is C[C@@H]1CC[C@@H](c2ccoc2)N2[C@H]1CC[C@]1(CS[C@@]3(CC[C@H]4[C@H](C)CC[C@@H](c5ccoc5)N4[C@@H]3O)C1)[C@H]2O. The average molecular weight is 527 g/mol. The molecule has 202 valence electrons. The lowest BCUT2D eigenvalue weighted by atomic mass is 9.65. The molecule has 7 heteroatoms. The lowest BCUT2D eigenvalue weighted by Crippen LogP contribution is -2.64. The van der Waals surface area contributed by atoms with Crippen molar-refractivity contribution in [3.05, 3.63) is 48.3 Å². The van der Waals surface area contributed by atoms with Crippen molar-refractivity contribution in [3.63, 3.8) is 0 Å². The van der Waals surface area contributed by atoms with Gasteiger partial charge in [-0.15, -0.1) is 0 Å². The minimum Gasteiger partial charge on any atom is -0.472 e. The van der Waals surface area contributed by atoms with Crippen molar-refractivity contribution in [3.8, 4) is 0 Å². The maximum atomic E-state index is 12.2. The van der Waals surface area contributed by atoms with Crippen LogP contribution in [0.2, 0.25) is 0 Å². The molecule has 7 heterocycles. The highest BCUT2D eigenvalue weighted by Gasteiger charge is 2.63. The second-order valence-electron chi connectivity index (χ2n) is 13.0. The molecule has 0 aliphatic carbocycles. The number of piperidine rings is 4. The lowest BCUT2D eigenvalue weighted by molar-refractivity contribution is -0.191. The van der Waals surface area contributed by atoms with Gasteiger partial charge in [-0.1, -0.05) is 13.8 Å². The monoisotopic (exact) mass is 526 g/mol. The normalized spacial score (nSPS) is 46.8. The summed E-state index contributed by atoms with van der Waals surface area (Å²) < 4.78 is 10.7. The van der Waals surface area contributed by atoms with Gasteiger partial charge in [-0.25, -0.2) is 0 Å². The number of furan rings is 2. The predicted molar refractivity (Wildman–Crippen MR) is 144 cm³/mol. The Morgan fingerprint density at radius 2 is 1.35 bits per heavy atom. The highest BCUT2D eigenvalue weighted by molar-refractivity contribution is 8.01. The molecular formula is C30H42N2O4S. The van der Waals surface area contributed by atoms with Gasteiger partial charge in [0.05, 0.1) is 29.8 Å². The van der Waals surface area contributed by atoms with E-state index < -0.39 is 12.5 Å². The largest absolute Gasteiger partial charge is 0.472 e. The Balaban J connectivity index is 1.18. The first-order chi connectivity index (χ1) is 17.9. The minimum absolute atomic E-state index is 0.180. The molecule has 0 aromatic carbocycles. The molecule has 0 unspecified atom stereocenters. The molecule has 0 amide bonds. The van der Waals surface area contributed by atoms with E-state index >= 15 is 0 Å². The fraction of sp³-hybridized carbons (Fsp3) is 0.733. The van der Waals surface area contributed by atoms with Crippen LogP contribution in [0.25, 0.3) is 0 Å². The second kappa shape index (κ2) is 9.16. The molecule has 0 saturated carbocycles. The molecule has 5 saturated heterocycles. The van der Waals surface area contributed by atoms with E-state index in [4.69, 9.17) is 8.83 Å². The Morgan fingerprint density at radius 1 is 0.784 bits per heavy atom. The third-order valence-electron chi connectivity index (χ3n) is 11.1. The van der Waals surface area contributed by atoms with E-state index in [1.807, 2.05) is 24.3 Å². The Bertz CT molecular complexity index is 993. The molecule has 37 heavy (non-hydrogen) atoms. The Hall–Kier alpha value is -1.25. The first-order valence-electron chi connectivity index (χ1n) is 14.5. The zero-order chi connectivity index (χ0) is 25.4. The number of thioether (sulfide) groups is 1. The third kappa shape index (κ3) is 3.75. The fourth-order valence-electron chi connectivity index (χ4n) is 9.06. The highest BCUT2D eigenvalue weighted by atomic mass is 32.2. The topological polar surface area (TPSA) is 73.2 Å². The molecule has 5 fully saturated rings. The molecule has 0 bridgehead atoms. The fourth-order valence-corrected chi connectivity index (χ4v) is 11.0. The van der Waals surface area contributed by atoms with Crippen molar-refractivity contribution in [2.45, 2.75) is 113 Å². The van der Waals surface area contributed by atoms with Gasteiger partial charge < -0.3 is 19.0 Å². The average Bonchev–Trinajstić information content (AvgIpc) is 3.68. The van der Waals surface area contributed by atoms with E-state index in [0.717, 1.165) is 50.7 Å². The van der Waals surface area contributed by atoms with Crippen LogP contribution < -0.4 is 0 Å². The molecule has 2 N–H and O–H groups in total. The number of hydrogen-bond acceptors (Lipinski definition) is 7. The van der Waals surface area contributed by atoms with Gasteiger partial charge in [0.2, 0.25) is 0 Å². The maximum absolute atomic E-state index is 12.2. The van der Waals surface area contributed by atoms with Crippen LogP contribution in [0.15, 0.2) is 46.0 Å². The molecule has 2 aromatic heterocycles. The summed E-state index contributed by atoms with van der Waals surface area (Å²) in [6.45, 7) is 4.72. The van der Waals surface area contributed by atoms with Crippen molar-refractivity contribution in [1.82, 2.24) is 9.80 Å². The Morgan fingerprint density at radius 3 is 1.92 bits per heavy atom. The van der Waals surface area contributed by atoms with E-state index in [9.17, 15) is 10.2 Å². The number of fused-ring (bicyclic) bond motifs is 2. The van der Waals surface area contributed by atoms with E-state index in [-0.39, 0.29) is 22.2 Å². The number of aliphatic hydroxyl groups excluding tert-OH is 2. The van der Waals surface area contributed by atoms with Crippen LogP contribution in [-0.4, -0.2) is 55.1 Å². The van der Waals surface area contributed by atoms with Crippen LogP contribution in [0.1, 0.15) is 94.8 Å². The standard InChI is InChI=1S/C30H42N2O4S/c1-19-3-5-25(21-9-13-35-15-21)31-23(19)7-11-29(27(31)33)17-30(37-18-29)12-8-24-20(2)4-6-26(32(24)28(30)34)22-10-14-36-16-22/h9-10,13-16,19-20,23-28,33-34H,3-8,11-12,17-18H2,1-2H3/t19-,20-,23+,24+,25+,26+,27-,28-,29+,30+/m1/s1. The molecule has 6 nitrogen and oxygen atoms in total. The molecule has 0 radical (unpaired) electrons. The van der Waals surface area contributed by atoms with Gasteiger partial charge in [0.25, 0.3) is 0 Å². The summed E-state index contributed by atoms with van der Waals surface area (Å²) in [7, 11) is 0. The quantitative estimate of drug-likeness (QED) is 0.501. The summed E-state index contributed by atoms with van der Waals surface area (Å²) in [4.78, 5) is 4.90. The van der Waals surface area contributed by atoms with Gasteiger partial charge in [-0.3, -0.25) is 9.80 Å². The van der Waals surface area contributed by atoms with Crippen molar-refractivity contribution < 1.29 is 19.0 Å². The highest BCUT2D eigenvalue weighted by Crippen LogP contribution is 2.63. The molecule has 5 aliphatic rings. The summed E-state index contributed by atoms with van der Waals surface area (Å²) in [5.74, 6) is 2.10. The second-order valence-corrected chi connectivity index (χ2v) is 14.4. The smallest absolute Gasteiger partial charge is 0.122 e. The van der Waals surface area contributed by atoms with Gasteiger partial charge in [0.15, 0.2) is 0 Å². The van der Waals surface area contributed by atoms with Gasteiger partial charge in [0, 0.05) is 46.5 Å². The van der Waals surface area contributed by atoms with Crippen molar-refractivity contribution in [2.24, 2.45) is 17.3 Å². The summed E-state index contributed by atoms with van der Waals surface area (Å²) in [5, 5.41) is 24.4. The Labute approximate surface area is 224 Å². The zero-order valence-electron chi connectivity index (χ0n) is 22.2. The lowest BCUT2D eigenvalue weighted by Gasteiger charge is -2.58. The Kier molecular flexibility index (Phi) is 6.13. The summed E-state index contributed by atoms with van der Waals surface area (Å²) in [5.41, 5.74) is 2.20. The molecular weight excluding hydrogens is 484 g/mol. The first kappa shape index (κ1) is 24.8. The zero-order valence-corrected chi connectivity index (χ0v) is 23.0. The van der Waals surface area contributed by atoms with Crippen LogP contribution >= 0.6 is 11.8 Å². The third-order valence-corrected chi connectivity index (χ3v) is 13.0. The maximum Gasteiger partial charge on any atom is 0.122 e. The van der Waals surface area contributed by atoms with Crippen molar-refractivity contribution >= 4 is 11.8 Å². The molecule has 5 aliphatic heterocycles. The number of nitrogens with zero attached hydrogens (tertiary/aromatic N) is 2. The van der Waals surface area contributed by atoms with E-state index in [1.165, 1.54) is 24.0 Å². The predicted octanol–water partition coefficient (Wildman–Crippen LogP) is 5.94. The van der Waals surface area contributed by atoms with Crippen LogP contribution in [0.5, 0.6) is 0 Å². The summed E-state index contributed by atoms with van der Waals surface area (Å²) >= 11 is 1.96. The number of aliphatic hydroxyl groups is 2. The number of rotatable bonds is 2. The molecule has 2 aromatic rings. The van der Waals surface area contributed by atoms with Crippen LogP contribution in [0, 0.1) is 17.3 Å². The van der Waals surface area contributed by atoms with Crippen LogP contribution in [0.3, 0.4) is 0 Å². The van der Waals surface area contributed by atoms with Gasteiger partial charge >= 0.3 is 0 Å². The van der Waals surface area contributed by atoms with Gasteiger partial charge in [-0.05, 0) is 81.8 Å². The van der Waals surface area contributed by atoms with Crippen LogP contribution in [-0.2, 0) is 0 Å². The van der Waals surface area contributed by atoms with Crippen molar-refractivity contribution in [2.75, 3.05) is 5.75 Å². The van der Waals surface area contributed by atoms with Crippen molar-refractivity contribution in [1.29, 1.82) is 0 Å². The van der Waals surface area contributed by atoms with Gasteiger partial charge in [-0.2, -0.15) is 11.8 Å². The van der Waals surface area contributed by atoms with E-state index in [0.29, 0.717) is 23.9 Å². The van der Waals surface area contributed by atoms with E-state index in [1.54, 1.807) is 12.5 Å². The molecule has 2 spiro atoms. The van der Waals surface area contributed by atoms with E-state index in [2.05, 4.69) is 35.8 Å². The molecule has 10 atom stereocenters. The first-order valence-corrected chi connectivity index (χ1v) is 15.5. The summed E-state index contributed by atoms with van der Waals surface area (Å²) in [6, 6.07) is 5.38. The number of hydrogen-bond donors (Lipinski definition) is 2.